The first-order valence-corrected chi connectivity index (χ1v) is 17.0. The van der Waals surface area contributed by atoms with Gasteiger partial charge in [-0.3, -0.25) is 0 Å². The van der Waals surface area contributed by atoms with Crippen LogP contribution in [0.5, 0.6) is 0 Å². The molecule has 0 N–H and O–H groups in total. The normalized spacial score (nSPS) is 12.3. The van der Waals surface area contributed by atoms with E-state index in [0.717, 1.165) is 5.92 Å². The molecule has 0 amide bonds. The predicted octanol–water partition coefficient (Wildman–Crippen LogP) is 13.5. The molecule has 0 saturated heterocycles. The quantitative estimate of drug-likeness (QED) is 0.0669. The van der Waals surface area contributed by atoms with Crippen molar-refractivity contribution in [1.29, 1.82) is 0 Å². The van der Waals surface area contributed by atoms with E-state index < -0.39 is 0 Å². The minimum atomic E-state index is 0.966. The fraction of sp³-hybridized carbons (Fsp3) is 0.943. The molecule has 0 aliphatic rings. The molecule has 210 valence electrons. The van der Waals surface area contributed by atoms with E-state index in [9.17, 15) is 0 Å². The van der Waals surface area contributed by atoms with Gasteiger partial charge in [0.15, 0.2) is 0 Å². The summed E-state index contributed by atoms with van der Waals surface area (Å²) in [5.74, 6) is 0.966. The van der Waals surface area contributed by atoms with Gasteiger partial charge in [0, 0.05) is 0 Å². The van der Waals surface area contributed by atoms with Crippen LogP contribution in [0.15, 0.2) is 12.7 Å². The summed E-state index contributed by atoms with van der Waals surface area (Å²) in [7, 11) is 0. The molecular formula is C35H70. The highest BCUT2D eigenvalue weighted by Gasteiger charge is 2.08. The van der Waals surface area contributed by atoms with E-state index >= 15 is 0 Å². The van der Waals surface area contributed by atoms with Gasteiger partial charge in [-0.1, -0.05) is 200 Å². The zero-order valence-corrected chi connectivity index (χ0v) is 25.1. The van der Waals surface area contributed by atoms with E-state index in [4.69, 9.17) is 0 Å². The molecule has 0 aromatic carbocycles. The summed E-state index contributed by atoms with van der Waals surface area (Å²) in [5.41, 5.74) is 0. The molecule has 0 bridgehead atoms. The van der Waals surface area contributed by atoms with Crippen LogP contribution in [0.3, 0.4) is 0 Å². The van der Waals surface area contributed by atoms with Gasteiger partial charge < -0.3 is 0 Å². The van der Waals surface area contributed by atoms with Gasteiger partial charge in [0.1, 0.15) is 0 Å². The molecule has 0 spiro atoms. The van der Waals surface area contributed by atoms with Crippen molar-refractivity contribution in [3.05, 3.63) is 12.7 Å². The molecule has 0 rings (SSSR count). The highest BCUT2D eigenvalue weighted by molar-refractivity contribution is 4.70. The van der Waals surface area contributed by atoms with Gasteiger partial charge in [-0.05, 0) is 18.8 Å². The summed E-state index contributed by atoms with van der Waals surface area (Å²) < 4.78 is 0. The maximum Gasteiger partial charge on any atom is -0.0351 e. The molecule has 1 unspecified atom stereocenters. The highest BCUT2D eigenvalue weighted by Crippen LogP contribution is 2.24. The Morgan fingerprint density at radius 1 is 0.371 bits per heavy atom. The second-order valence-electron chi connectivity index (χ2n) is 11.8. The Kier molecular flexibility index (Phi) is 31.5. The molecule has 0 aliphatic heterocycles. The lowest BCUT2D eigenvalue weighted by molar-refractivity contribution is 0.382. The van der Waals surface area contributed by atoms with E-state index in [1.54, 1.807) is 0 Å². The van der Waals surface area contributed by atoms with Crippen LogP contribution in [0.1, 0.15) is 206 Å². The number of hydrogen-bond donors (Lipinski definition) is 0. The van der Waals surface area contributed by atoms with Crippen LogP contribution in [0.25, 0.3) is 0 Å². The molecule has 0 heterocycles. The zero-order valence-electron chi connectivity index (χ0n) is 25.1. The molecule has 0 fully saturated rings. The predicted molar refractivity (Wildman–Crippen MR) is 164 cm³/mol. The Labute approximate surface area is 224 Å². The van der Waals surface area contributed by atoms with Crippen molar-refractivity contribution in [2.24, 2.45) is 5.92 Å². The fourth-order valence-corrected chi connectivity index (χ4v) is 5.69. The molecule has 0 saturated carbocycles. The Bertz CT molecular complexity index is 370. The Morgan fingerprint density at radius 2 is 0.629 bits per heavy atom. The molecule has 1 atom stereocenters. The minimum absolute atomic E-state index is 0.966. The van der Waals surface area contributed by atoms with Gasteiger partial charge in [-0.15, -0.1) is 6.58 Å². The monoisotopic (exact) mass is 491 g/mol. The van der Waals surface area contributed by atoms with Gasteiger partial charge >= 0.3 is 0 Å². The lowest BCUT2D eigenvalue weighted by atomic mass is 9.90. The largest absolute Gasteiger partial charge is 0.103 e. The maximum atomic E-state index is 3.97. The second-order valence-corrected chi connectivity index (χ2v) is 11.8. The summed E-state index contributed by atoms with van der Waals surface area (Å²) in [4.78, 5) is 0. The molecular weight excluding hydrogens is 420 g/mol. The first-order valence-electron chi connectivity index (χ1n) is 17.0. The Balaban J connectivity index is 3.48. The molecule has 0 aromatic rings. The van der Waals surface area contributed by atoms with Crippen molar-refractivity contribution in [1.82, 2.24) is 0 Å². The Morgan fingerprint density at radius 3 is 0.886 bits per heavy atom. The topological polar surface area (TPSA) is 0 Å². The number of allylic oxidation sites excluding steroid dienone is 1. The first kappa shape index (κ1) is 34.7. The standard InChI is InChI=1S/C35H70/c1-4-7-10-12-14-16-18-20-21-23-25-27-29-31-34-35(32-9-6-3)33-30-28-26-24-22-19-17-15-13-11-8-5-2/h6,35H,3-5,7-34H2,1-2H3. The molecule has 0 nitrogen and oxygen atoms in total. The van der Waals surface area contributed by atoms with E-state index in [1.807, 2.05) is 0 Å². The summed E-state index contributed by atoms with van der Waals surface area (Å²) >= 11 is 0. The van der Waals surface area contributed by atoms with Crippen LogP contribution in [0, 0.1) is 5.92 Å². The van der Waals surface area contributed by atoms with Crippen molar-refractivity contribution in [2.45, 2.75) is 206 Å². The van der Waals surface area contributed by atoms with Crippen molar-refractivity contribution in [3.63, 3.8) is 0 Å². The SMILES string of the molecule is C=CCCC(CCCCCCCCCCCCCC)CCCCCCCCCCCCCCCC. The molecule has 0 aromatic heterocycles. The van der Waals surface area contributed by atoms with E-state index in [0.29, 0.717) is 0 Å². The molecule has 0 radical (unpaired) electrons. The number of rotatable bonds is 31. The van der Waals surface area contributed by atoms with E-state index in [-0.39, 0.29) is 0 Å². The third-order valence-electron chi connectivity index (χ3n) is 8.21. The minimum Gasteiger partial charge on any atom is -0.103 e. The van der Waals surface area contributed by atoms with Gasteiger partial charge in [0.25, 0.3) is 0 Å². The summed E-state index contributed by atoms with van der Waals surface area (Å²) in [6.45, 7) is 8.59. The number of hydrogen-bond acceptors (Lipinski definition) is 0. The van der Waals surface area contributed by atoms with Gasteiger partial charge in [0.05, 0.1) is 0 Å². The third kappa shape index (κ3) is 29.9. The van der Waals surface area contributed by atoms with Crippen molar-refractivity contribution in [3.8, 4) is 0 Å². The van der Waals surface area contributed by atoms with E-state index in [1.165, 1.54) is 193 Å². The highest BCUT2D eigenvalue weighted by atomic mass is 14.1. The molecule has 35 heavy (non-hydrogen) atoms. The van der Waals surface area contributed by atoms with Crippen molar-refractivity contribution in [2.75, 3.05) is 0 Å². The first-order chi connectivity index (χ1) is 17.3. The number of unbranched alkanes of at least 4 members (excludes halogenated alkanes) is 24. The van der Waals surface area contributed by atoms with Crippen molar-refractivity contribution < 1.29 is 0 Å². The van der Waals surface area contributed by atoms with Crippen LogP contribution in [0.2, 0.25) is 0 Å². The molecule has 0 aliphatic carbocycles. The van der Waals surface area contributed by atoms with Gasteiger partial charge in [0.2, 0.25) is 0 Å². The van der Waals surface area contributed by atoms with E-state index in [2.05, 4.69) is 26.5 Å². The van der Waals surface area contributed by atoms with Gasteiger partial charge in [-0.2, -0.15) is 0 Å². The smallest absolute Gasteiger partial charge is 0.0351 e. The van der Waals surface area contributed by atoms with Crippen molar-refractivity contribution >= 4 is 0 Å². The maximum absolute atomic E-state index is 3.97. The van der Waals surface area contributed by atoms with Crippen LogP contribution in [-0.4, -0.2) is 0 Å². The summed E-state index contributed by atoms with van der Waals surface area (Å²) in [5, 5.41) is 0. The lowest BCUT2D eigenvalue weighted by Crippen LogP contribution is -2.01. The summed E-state index contributed by atoms with van der Waals surface area (Å²) in [6.07, 6.45) is 45.8. The second kappa shape index (κ2) is 31.8. The third-order valence-corrected chi connectivity index (χ3v) is 8.21. The molecule has 0 heteroatoms. The van der Waals surface area contributed by atoms with Crippen LogP contribution in [-0.2, 0) is 0 Å². The summed E-state index contributed by atoms with van der Waals surface area (Å²) in [6, 6.07) is 0. The van der Waals surface area contributed by atoms with Crippen LogP contribution >= 0.6 is 0 Å². The van der Waals surface area contributed by atoms with Crippen LogP contribution in [0.4, 0.5) is 0 Å². The average Bonchev–Trinajstić information content (AvgIpc) is 2.87. The fourth-order valence-electron chi connectivity index (χ4n) is 5.69. The average molecular weight is 491 g/mol. The zero-order chi connectivity index (χ0) is 25.5. The van der Waals surface area contributed by atoms with Gasteiger partial charge in [-0.25, -0.2) is 0 Å². The lowest BCUT2D eigenvalue weighted by Gasteiger charge is -2.16. The Hall–Kier alpha value is -0.260. The van der Waals surface area contributed by atoms with Crippen LogP contribution < -0.4 is 0 Å².